The second-order valence-electron chi connectivity index (χ2n) is 6.09. The summed E-state index contributed by atoms with van der Waals surface area (Å²) in [6.07, 6.45) is 3.18. The van der Waals surface area contributed by atoms with Crippen molar-refractivity contribution in [2.24, 2.45) is 0 Å². The average Bonchev–Trinajstić information content (AvgIpc) is 2.91. The minimum atomic E-state index is 0.243. The Hall–Kier alpha value is -1.74. The maximum atomic E-state index is 12.6. The first kappa shape index (κ1) is 16.1. The van der Waals surface area contributed by atoms with Crippen molar-refractivity contribution in [1.29, 1.82) is 0 Å². The van der Waals surface area contributed by atoms with Crippen LogP contribution in [0.4, 0.5) is 5.69 Å². The number of hydrogen-bond acceptors (Lipinski definition) is 2. The van der Waals surface area contributed by atoms with Gasteiger partial charge in [-0.3, -0.25) is 4.79 Å². The first-order valence-corrected chi connectivity index (χ1v) is 9.43. The number of hydrogen-bond donors (Lipinski definition) is 0. The SMILES string of the molecule is CC1Cc2ccccc2N1C(=O)CSCCCc1ccccc1. The van der Waals surface area contributed by atoms with Crippen LogP contribution in [-0.4, -0.2) is 23.5 Å². The standard InChI is InChI=1S/C20H23NOS/c1-16-14-18-11-5-6-12-19(18)21(16)20(22)15-23-13-7-10-17-8-3-2-4-9-17/h2-6,8-9,11-12,16H,7,10,13-15H2,1H3. The molecule has 0 N–H and O–H groups in total. The lowest BCUT2D eigenvalue weighted by atomic mass is 10.1. The van der Waals surface area contributed by atoms with Crippen LogP contribution in [0.3, 0.4) is 0 Å². The fourth-order valence-electron chi connectivity index (χ4n) is 3.20. The number of thioether (sulfide) groups is 1. The van der Waals surface area contributed by atoms with E-state index in [9.17, 15) is 4.79 Å². The number of para-hydroxylation sites is 1. The van der Waals surface area contributed by atoms with Gasteiger partial charge in [0.1, 0.15) is 0 Å². The maximum absolute atomic E-state index is 12.6. The van der Waals surface area contributed by atoms with E-state index in [1.54, 1.807) is 11.8 Å². The molecule has 3 rings (SSSR count). The largest absolute Gasteiger partial charge is 0.308 e. The van der Waals surface area contributed by atoms with E-state index in [-0.39, 0.29) is 11.9 Å². The van der Waals surface area contributed by atoms with Gasteiger partial charge < -0.3 is 4.90 Å². The number of nitrogens with zero attached hydrogens (tertiary/aromatic N) is 1. The molecule has 2 aromatic carbocycles. The highest BCUT2D eigenvalue weighted by Crippen LogP contribution is 2.32. The van der Waals surface area contributed by atoms with Gasteiger partial charge in [-0.15, -0.1) is 0 Å². The minimum absolute atomic E-state index is 0.243. The molecule has 0 aliphatic carbocycles. The predicted molar refractivity (Wildman–Crippen MR) is 99.2 cm³/mol. The molecule has 0 saturated carbocycles. The second kappa shape index (κ2) is 7.69. The Kier molecular flexibility index (Phi) is 5.39. The molecule has 120 valence electrons. The van der Waals surface area contributed by atoms with E-state index in [1.165, 1.54) is 11.1 Å². The molecule has 0 fully saturated rings. The van der Waals surface area contributed by atoms with E-state index in [0.717, 1.165) is 30.7 Å². The van der Waals surface area contributed by atoms with Gasteiger partial charge in [-0.2, -0.15) is 11.8 Å². The molecule has 23 heavy (non-hydrogen) atoms. The number of benzene rings is 2. The van der Waals surface area contributed by atoms with E-state index in [1.807, 2.05) is 17.0 Å². The smallest absolute Gasteiger partial charge is 0.237 e. The quantitative estimate of drug-likeness (QED) is 0.737. The van der Waals surface area contributed by atoms with Crippen LogP contribution in [0.15, 0.2) is 54.6 Å². The number of rotatable bonds is 6. The Bertz CT molecular complexity index is 656. The lowest BCUT2D eigenvalue weighted by Gasteiger charge is -2.22. The normalized spacial score (nSPS) is 16.4. The number of anilines is 1. The molecule has 0 spiro atoms. The Labute approximate surface area is 142 Å². The molecule has 0 saturated heterocycles. The zero-order valence-electron chi connectivity index (χ0n) is 13.6. The first-order chi connectivity index (χ1) is 11.3. The average molecular weight is 325 g/mol. The van der Waals surface area contributed by atoms with Gasteiger partial charge in [0.15, 0.2) is 0 Å². The Morgan fingerprint density at radius 3 is 2.70 bits per heavy atom. The van der Waals surface area contributed by atoms with Gasteiger partial charge in [0.2, 0.25) is 5.91 Å². The molecule has 1 unspecified atom stereocenters. The molecule has 1 aliphatic rings. The van der Waals surface area contributed by atoms with Crippen LogP contribution < -0.4 is 4.90 Å². The fourth-order valence-corrected chi connectivity index (χ4v) is 4.00. The third kappa shape index (κ3) is 3.97. The number of aryl methyl sites for hydroxylation is 1. The summed E-state index contributed by atoms with van der Waals surface area (Å²) in [4.78, 5) is 14.5. The highest BCUT2D eigenvalue weighted by atomic mass is 32.2. The molecule has 0 aromatic heterocycles. The molecular formula is C20H23NOS. The van der Waals surface area contributed by atoms with Crippen molar-refractivity contribution in [3.63, 3.8) is 0 Å². The van der Waals surface area contributed by atoms with Gasteiger partial charge in [0.25, 0.3) is 0 Å². The van der Waals surface area contributed by atoms with Gasteiger partial charge in [-0.25, -0.2) is 0 Å². The van der Waals surface area contributed by atoms with Crippen LogP contribution in [0, 0.1) is 0 Å². The summed E-state index contributed by atoms with van der Waals surface area (Å²) < 4.78 is 0. The van der Waals surface area contributed by atoms with E-state index < -0.39 is 0 Å². The molecule has 1 heterocycles. The third-order valence-electron chi connectivity index (χ3n) is 4.30. The summed E-state index contributed by atoms with van der Waals surface area (Å²) >= 11 is 1.75. The monoisotopic (exact) mass is 325 g/mol. The molecule has 1 amide bonds. The van der Waals surface area contributed by atoms with Crippen LogP contribution >= 0.6 is 11.8 Å². The van der Waals surface area contributed by atoms with E-state index in [4.69, 9.17) is 0 Å². The molecule has 3 heteroatoms. The zero-order chi connectivity index (χ0) is 16.1. The minimum Gasteiger partial charge on any atom is -0.308 e. The fraction of sp³-hybridized carbons (Fsp3) is 0.350. The number of carbonyl (C=O) groups is 1. The third-order valence-corrected chi connectivity index (χ3v) is 5.33. The van der Waals surface area contributed by atoms with E-state index in [0.29, 0.717) is 5.75 Å². The van der Waals surface area contributed by atoms with Crippen molar-refractivity contribution in [3.05, 3.63) is 65.7 Å². The van der Waals surface area contributed by atoms with Gasteiger partial charge in [0, 0.05) is 11.7 Å². The summed E-state index contributed by atoms with van der Waals surface area (Å²) in [5, 5.41) is 0. The molecule has 2 nitrogen and oxygen atoms in total. The van der Waals surface area contributed by atoms with Gasteiger partial charge in [0.05, 0.1) is 5.75 Å². The summed E-state index contributed by atoms with van der Waals surface area (Å²) in [5.41, 5.74) is 3.78. The molecule has 0 radical (unpaired) electrons. The van der Waals surface area contributed by atoms with E-state index >= 15 is 0 Å². The molecular weight excluding hydrogens is 302 g/mol. The molecule has 2 aromatic rings. The van der Waals surface area contributed by atoms with Crippen LogP contribution in [0.1, 0.15) is 24.5 Å². The molecule has 1 atom stereocenters. The lowest BCUT2D eigenvalue weighted by Crippen LogP contribution is -2.37. The second-order valence-corrected chi connectivity index (χ2v) is 7.19. The van der Waals surface area contributed by atoms with Crippen LogP contribution in [0.5, 0.6) is 0 Å². The van der Waals surface area contributed by atoms with Crippen LogP contribution in [0.2, 0.25) is 0 Å². The lowest BCUT2D eigenvalue weighted by molar-refractivity contribution is -0.116. The van der Waals surface area contributed by atoms with Gasteiger partial charge >= 0.3 is 0 Å². The topological polar surface area (TPSA) is 20.3 Å². The Morgan fingerprint density at radius 2 is 1.87 bits per heavy atom. The molecule has 0 bridgehead atoms. The maximum Gasteiger partial charge on any atom is 0.237 e. The Balaban J connectivity index is 1.45. The summed E-state index contributed by atoms with van der Waals surface area (Å²) in [5.74, 6) is 1.85. The number of amides is 1. The predicted octanol–water partition coefficient (Wildman–Crippen LogP) is 4.33. The highest BCUT2D eigenvalue weighted by Gasteiger charge is 2.29. The summed E-state index contributed by atoms with van der Waals surface area (Å²) in [6.45, 7) is 2.14. The van der Waals surface area contributed by atoms with Crippen molar-refractivity contribution in [3.8, 4) is 0 Å². The van der Waals surface area contributed by atoms with Gasteiger partial charge in [-0.1, -0.05) is 48.5 Å². The zero-order valence-corrected chi connectivity index (χ0v) is 14.4. The number of fused-ring (bicyclic) bond motifs is 1. The molecule has 1 aliphatic heterocycles. The van der Waals surface area contributed by atoms with Gasteiger partial charge in [-0.05, 0) is 49.1 Å². The Morgan fingerprint density at radius 1 is 1.13 bits per heavy atom. The summed E-state index contributed by atoms with van der Waals surface area (Å²) in [7, 11) is 0. The van der Waals surface area contributed by atoms with Crippen molar-refractivity contribution in [2.75, 3.05) is 16.4 Å². The van der Waals surface area contributed by atoms with Crippen molar-refractivity contribution in [2.45, 2.75) is 32.2 Å². The van der Waals surface area contributed by atoms with Crippen molar-refractivity contribution >= 4 is 23.4 Å². The van der Waals surface area contributed by atoms with Crippen LogP contribution in [-0.2, 0) is 17.6 Å². The first-order valence-electron chi connectivity index (χ1n) is 8.27. The van der Waals surface area contributed by atoms with Crippen molar-refractivity contribution < 1.29 is 4.79 Å². The number of carbonyl (C=O) groups excluding carboxylic acids is 1. The van der Waals surface area contributed by atoms with Crippen LogP contribution in [0.25, 0.3) is 0 Å². The van der Waals surface area contributed by atoms with E-state index in [2.05, 4.69) is 49.4 Å². The highest BCUT2D eigenvalue weighted by molar-refractivity contribution is 7.99. The summed E-state index contributed by atoms with van der Waals surface area (Å²) in [6, 6.07) is 19.1. The van der Waals surface area contributed by atoms with Crippen molar-refractivity contribution in [1.82, 2.24) is 0 Å².